The molecule has 0 aromatic rings. The maximum Gasteiger partial charge on any atom is 0.158 e. The standard InChI is InChI=1S/C14H20O2S2/c1-2-8-15-13(3-1)16-12-6-4-11(5-7-12)14-17-9-10-18-14/h4-6,12-14H,1-3,7-10H2. The van der Waals surface area contributed by atoms with Gasteiger partial charge < -0.3 is 9.47 Å². The molecule has 1 aliphatic carbocycles. The maximum absolute atomic E-state index is 5.98. The van der Waals surface area contributed by atoms with E-state index in [1.165, 1.54) is 29.9 Å². The van der Waals surface area contributed by atoms with Gasteiger partial charge in [-0.2, -0.15) is 0 Å². The van der Waals surface area contributed by atoms with E-state index in [9.17, 15) is 0 Å². The van der Waals surface area contributed by atoms with Gasteiger partial charge in [-0.05, 0) is 31.3 Å². The zero-order valence-corrected chi connectivity index (χ0v) is 12.2. The largest absolute Gasteiger partial charge is 0.353 e. The third-order valence-corrected chi connectivity index (χ3v) is 6.55. The van der Waals surface area contributed by atoms with Gasteiger partial charge in [-0.1, -0.05) is 18.2 Å². The molecule has 2 fully saturated rings. The van der Waals surface area contributed by atoms with Crippen LogP contribution in [-0.4, -0.2) is 35.1 Å². The second-order valence-electron chi connectivity index (χ2n) is 4.84. The minimum absolute atomic E-state index is 0.0265. The molecule has 2 aliphatic heterocycles. The molecule has 0 saturated carbocycles. The summed E-state index contributed by atoms with van der Waals surface area (Å²) >= 11 is 4.13. The van der Waals surface area contributed by atoms with Crippen LogP contribution in [-0.2, 0) is 9.47 Å². The van der Waals surface area contributed by atoms with Crippen molar-refractivity contribution < 1.29 is 9.47 Å². The van der Waals surface area contributed by atoms with Crippen molar-refractivity contribution >= 4 is 23.5 Å². The highest BCUT2D eigenvalue weighted by Gasteiger charge is 2.23. The van der Waals surface area contributed by atoms with E-state index in [-0.39, 0.29) is 12.4 Å². The Morgan fingerprint density at radius 3 is 2.78 bits per heavy atom. The minimum Gasteiger partial charge on any atom is -0.353 e. The van der Waals surface area contributed by atoms with E-state index in [4.69, 9.17) is 9.47 Å². The van der Waals surface area contributed by atoms with Crippen molar-refractivity contribution in [3.8, 4) is 0 Å². The van der Waals surface area contributed by atoms with E-state index in [1.807, 2.05) is 0 Å². The lowest BCUT2D eigenvalue weighted by molar-refractivity contribution is -0.177. The molecule has 18 heavy (non-hydrogen) atoms. The zero-order chi connectivity index (χ0) is 12.2. The van der Waals surface area contributed by atoms with E-state index in [1.54, 1.807) is 0 Å². The fraction of sp³-hybridized carbons (Fsp3) is 0.714. The molecular formula is C14H20O2S2. The predicted molar refractivity (Wildman–Crippen MR) is 79.0 cm³/mol. The quantitative estimate of drug-likeness (QED) is 0.788. The number of ether oxygens (including phenoxy) is 2. The molecular weight excluding hydrogens is 264 g/mol. The van der Waals surface area contributed by atoms with Gasteiger partial charge in [0.1, 0.15) is 0 Å². The van der Waals surface area contributed by atoms with E-state index >= 15 is 0 Å². The Kier molecular flexibility index (Phi) is 4.74. The molecule has 0 N–H and O–H groups in total. The van der Waals surface area contributed by atoms with E-state index in [0.29, 0.717) is 4.58 Å². The molecule has 2 heterocycles. The Bertz CT molecular complexity index is 329. The van der Waals surface area contributed by atoms with Gasteiger partial charge in [-0.3, -0.25) is 0 Å². The van der Waals surface area contributed by atoms with Crippen LogP contribution in [0, 0.1) is 0 Å². The fourth-order valence-corrected chi connectivity index (χ4v) is 5.35. The average Bonchev–Trinajstić information content (AvgIpc) is 2.95. The Balaban J connectivity index is 1.48. The highest BCUT2D eigenvalue weighted by molar-refractivity contribution is 8.20. The molecule has 0 spiro atoms. The highest BCUT2D eigenvalue weighted by Crippen LogP contribution is 2.38. The first kappa shape index (κ1) is 13.1. The van der Waals surface area contributed by atoms with Crippen molar-refractivity contribution in [3.63, 3.8) is 0 Å². The molecule has 4 heteroatoms. The predicted octanol–water partition coefficient (Wildman–Crippen LogP) is 3.59. The summed E-state index contributed by atoms with van der Waals surface area (Å²) in [5.41, 5.74) is 1.48. The van der Waals surface area contributed by atoms with Crippen molar-refractivity contribution in [2.45, 2.75) is 42.7 Å². The number of rotatable bonds is 3. The van der Waals surface area contributed by atoms with Crippen LogP contribution in [0.15, 0.2) is 23.8 Å². The summed E-state index contributed by atoms with van der Waals surface area (Å²) < 4.78 is 12.3. The molecule has 2 unspecified atom stereocenters. The Hall–Kier alpha value is 0.100. The van der Waals surface area contributed by atoms with Crippen molar-refractivity contribution in [1.82, 2.24) is 0 Å². The van der Waals surface area contributed by atoms with E-state index in [2.05, 4.69) is 41.8 Å². The SMILES string of the molecule is C1=CC(OC2CCCCO2)CC=C1C1SCCS1. The summed E-state index contributed by atoms with van der Waals surface area (Å²) in [7, 11) is 0. The van der Waals surface area contributed by atoms with Gasteiger partial charge in [0.25, 0.3) is 0 Å². The lowest BCUT2D eigenvalue weighted by Crippen LogP contribution is -2.27. The molecule has 2 atom stereocenters. The highest BCUT2D eigenvalue weighted by atomic mass is 32.2. The van der Waals surface area contributed by atoms with Crippen LogP contribution in [0.4, 0.5) is 0 Å². The normalized spacial score (nSPS) is 33.7. The van der Waals surface area contributed by atoms with Crippen LogP contribution in [0.2, 0.25) is 0 Å². The van der Waals surface area contributed by atoms with Gasteiger partial charge in [0.2, 0.25) is 0 Å². The van der Waals surface area contributed by atoms with Crippen molar-refractivity contribution in [3.05, 3.63) is 23.8 Å². The van der Waals surface area contributed by atoms with Crippen LogP contribution >= 0.6 is 23.5 Å². The monoisotopic (exact) mass is 284 g/mol. The lowest BCUT2D eigenvalue weighted by Gasteiger charge is -2.27. The molecule has 2 nitrogen and oxygen atoms in total. The molecule has 3 aliphatic rings. The molecule has 0 radical (unpaired) electrons. The lowest BCUT2D eigenvalue weighted by atomic mass is 10.1. The van der Waals surface area contributed by atoms with Crippen LogP contribution in [0.1, 0.15) is 25.7 Å². The average molecular weight is 284 g/mol. The Morgan fingerprint density at radius 1 is 1.22 bits per heavy atom. The number of allylic oxidation sites excluding steroid dienone is 1. The summed E-state index contributed by atoms with van der Waals surface area (Å²) in [5, 5.41) is 0. The number of hydrogen-bond acceptors (Lipinski definition) is 4. The summed E-state index contributed by atoms with van der Waals surface area (Å²) in [6.45, 7) is 0.859. The second-order valence-corrected chi connectivity index (χ2v) is 7.57. The first-order chi connectivity index (χ1) is 8.92. The molecule has 0 amide bonds. The first-order valence-corrected chi connectivity index (χ1v) is 8.90. The van der Waals surface area contributed by atoms with Gasteiger partial charge in [0, 0.05) is 18.1 Å². The third kappa shape index (κ3) is 3.35. The van der Waals surface area contributed by atoms with Gasteiger partial charge in [0.15, 0.2) is 6.29 Å². The minimum atomic E-state index is 0.0265. The topological polar surface area (TPSA) is 18.5 Å². The van der Waals surface area contributed by atoms with Crippen LogP contribution < -0.4 is 0 Å². The molecule has 2 saturated heterocycles. The Labute approximate surface area is 118 Å². The first-order valence-electron chi connectivity index (χ1n) is 6.80. The van der Waals surface area contributed by atoms with E-state index in [0.717, 1.165) is 19.4 Å². The van der Waals surface area contributed by atoms with Gasteiger partial charge in [0.05, 0.1) is 10.7 Å². The van der Waals surface area contributed by atoms with Gasteiger partial charge >= 0.3 is 0 Å². The Morgan fingerprint density at radius 2 is 2.11 bits per heavy atom. The molecule has 3 rings (SSSR count). The molecule has 0 bridgehead atoms. The molecule has 0 aromatic carbocycles. The fourth-order valence-electron chi connectivity index (χ4n) is 2.46. The van der Waals surface area contributed by atoms with Crippen LogP contribution in [0.3, 0.4) is 0 Å². The van der Waals surface area contributed by atoms with Crippen molar-refractivity contribution in [1.29, 1.82) is 0 Å². The van der Waals surface area contributed by atoms with Crippen molar-refractivity contribution in [2.24, 2.45) is 0 Å². The number of hydrogen-bond donors (Lipinski definition) is 0. The second kappa shape index (κ2) is 6.51. The summed E-state index contributed by atoms with van der Waals surface area (Å²) in [4.78, 5) is 0. The van der Waals surface area contributed by atoms with Gasteiger partial charge in [-0.25, -0.2) is 0 Å². The van der Waals surface area contributed by atoms with Crippen molar-refractivity contribution in [2.75, 3.05) is 18.1 Å². The van der Waals surface area contributed by atoms with Crippen LogP contribution in [0.5, 0.6) is 0 Å². The third-order valence-electron chi connectivity index (χ3n) is 3.45. The maximum atomic E-state index is 5.98. The van der Waals surface area contributed by atoms with E-state index < -0.39 is 0 Å². The molecule has 100 valence electrons. The summed E-state index contributed by atoms with van der Waals surface area (Å²) in [6.07, 6.45) is 11.5. The van der Waals surface area contributed by atoms with Crippen LogP contribution in [0.25, 0.3) is 0 Å². The summed E-state index contributed by atoms with van der Waals surface area (Å²) in [5.74, 6) is 2.58. The molecule has 0 aromatic heterocycles. The van der Waals surface area contributed by atoms with Gasteiger partial charge in [-0.15, -0.1) is 23.5 Å². The summed E-state index contributed by atoms with van der Waals surface area (Å²) in [6, 6.07) is 0. The zero-order valence-electron chi connectivity index (χ0n) is 10.5. The smallest absolute Gasteiger partial charge is 0.158 e. The number of thioether (sulfide) groups is 2.